The summed E-state index contributed by atoms with van der Waals surface area (Å²) in [6, 6.07) is 12.1. The summed E-state index contributed by atoms with van der Waals surface area (Å²) in [4.78, 5) is 0. The topological polar surface area (TPSA) is 0 Å². The summed E-state index contributed by atoms with van der Waals surface area (Å²) in [5.74, 6) is 0.968. The predicted octanol–water partition coefficient (Wildman–Crippen LogP) is 3.77. The molecule has 17 heavy (non-hydrogen) atoms. The van der Waals surface area contributed by atoms with Crippen molar-refractivity contribution in [2.75, 3.05) is 19.6 Å². The summed E-state index contributed by atoms with van der Waals surface area (Å²) in [6.45, 7) is 6.53. The molecule has 0 spiro atoms. The van der Waals surface area contributed by atoms with Crippen molar-refractivity contribution in [3.8, 4) is 0 Å². The van der Waals surface area contributed by atoms with Crippen LogP contribution in [0.25, 0.3) is 0 Å². The summed E-state index contributed by atoms with van der Waals surface area (Å²) in [5.41, 5.74) is 1.60. The zero-order chi connectivity index (χ0) is 11.7. The van der Waals surface area contributed by atoms with Crippen LogP contribution in [0.1, 0.15) is 44.2 Å². The van der Waals surface area contributed by atoms with Crippen LogP contribution in [0.3, 0.4) is 0 Å². The molecule has 0 amide bonds. The Morgan fingerprint density at radius 3 is 2.29 bits per heavy atom. The van der Waals surface area contributed by atoms with Crippen molar-refractivity contribution >= 4 is 0 Å². The lowest BCUT2D eigenvalue weighted by Crippen LogP contribution is -2.48. The van der Waals surface area contributed by atoms with Gasteiger partial charge in [0.05, 0.1) is 19.6 Å². The lowest BCUT2D eigenvalue weighted by atomic mass is 9.98. The lowest BCUT2D eigenvalue weighted by Gasteiger charge is -2.41. The Balaban J connectivity index is 1.94. The van der Waals surface area contributed by atoms with Crippen molar-refractivity contribution in [2.45, 2.75) is 38.6 Å². The largest absolute Gasteiger partial charge is 0.317 e. The zero-order valence-electron chi connectivity index (χ0n) is 10.9. The van der Waals surface area contributed by atoms with Crippen LogP contribution in [0.4, 0.5) is 0 Å². The number of nitrogens with zero attached hydrogens (tertiary/aromatic N) is 1. The standard InChI is InChI=1S/C16H24N/c1-2-17(12-6-7-13-17)16(15-10-11-15)14-8-4-3-5-9-14/h3-5,8-9,15-16H,2,6-7,10-13H2,1H3/q+1. The van der Waals surface area contributed by atoms with E-state index < -0.39 is 0 Å². The molecule has 1 aromatic rings. The minimum atomic E-state index is 0.795. The van der Waals surface area contributed by atoms with E-state index in [1.54, 1.807) is 5.56 Å². The Bertz CT molecular complexity index is 360. The number of rotatable bonds is 4. The smallest absolute Gasteiger partial charge is 0.117 e. The molecule has 2 aliphatic rings. The molecule has 3 rings (SSSR count). The van der Waals surface area contributed by atoms with Crippen molar-refractivity contribution < 1.29 is 4.48 Å². The van der Waals surface area contributed by atoms with Crippen LogP contribution in [0.5, 0.6) is 0 Å². The lowest BCUT2D eigenvalue weighted by molar-refractivity contribution is -0.947. The van der Waals surface area contributed by atoms with Gasteiger partial charge in [-0.15, -0.1) is 0 Å². The molecule has 0 radical (unpaired) electrons. The van der Waals surface area contributed by atoms with Gasteiger partial charge in [-0.25, -0.2) is 0 Å². The quantitative estimate of drug-likeness (QED) is 0.691. The van der Waals surface area contributed by atoms with Gasteiger partial charge in [0.15, 0.2) is 0 Å². The van der Waals surface area contributed by atoms with Crippen LogP contribution in [0.2, 0.25) is 0 Å². The molecular formula is C16H24N+. The van der Waals surface area contributed by atoms with E-state index in [1.165, 1.54) is 49.8 Å². The van der Waals surface area contributed by atoms with Gasteiger partial charge in [-0.2, -0.15) is 0 Å². The van der Waals surface area contributed by atoms with Crippen LogP contribution in [0, 0.1) is 5.92 Å². The molecule has 1 saturated carbocycles. The average molecular weight is 230 g/mol. The maximum absolute atomic E-state index is 2.39. The van der Waals surface area contributed by atoms with Crippen LogP contribution in [0.15, 0.2) is 30.3 Å². The summed E-state index contributed by atoms with van der Waals surface area (Å²) < 4.78 is 1.37. The molecule has 1 heterocycles. The van der Waals surface area contributed by atoms with Gasteiger partial charge >= 0.3 is 0 Å². The van der Waals surface area contributed by atoms with E-state index in [2.05, 4.69) is 37.3 Å². The second-order valence-corrected chi connectivity index (χ2v) is 5.88. The maximum atomic E-state index is 2.39. The minimum absolute atomic E-state index is 0.795. The first kappa shape index (κ1) is 11.3. The van der Waals surface area contributed by atoms with Gasteiger partial charge in [0.1, 0.15) is 6.04 Å². The molecule has 1 saturated heterocycles. The molecule has 0 N–H and O–H groups in total. The highest BCUT2D eigenvalue weighted by Gasteiger charge is 2.47. The highest BCUT2D eigenvalue weighted by atomic mass is 15.4. The average Bonchev–Trinajstić information content (AvgIpc) is 3.08. The van der Waals surface area contributed by atoms with Crippen molar-refractivity contribution in [3.05, 3.63) is 35.9 Å². The van der Waals surface area contributed by atoms with E-state index in [0.717, 1.165) is 12.0 Å². The van der Waals surface area contributed by atoms with E-state index in [9.17, 15) is 0 Å². The Kier molecular flexibility index (Phi) is 2.96. The SMILES string of the molecule is CC[N+]1(C(c2ccccc2)C2CC2)CCCC1. The molecule has 1 unspecified atom stereocenters. The zero-order valence-corrected chi connectivity index (χ0v) is 10.9. The minimum Gasteiger partial charge on any atom is -0.317 e. The number of likely N-dealkylation sites (tertiary alicyclic amines) is 1. The number of quaternary nitrogens is 1. The highest BCUT2D eigenvalue weighted by molar-refractivity contribution is 5.19. The number of benzene rings is 1. The summed E-state index contributed by atoms with van der Waals surface area (Å²) in [5, 5.41) is 0. The monoisotopic (exact) mass is 230 g/mol. The van der Waals surface area contributed by atoms with Crippen molar-refractivity contribution in [1.82, 2.24) is 0 Å². The Morgan fingerprint density at radius 2 is 1.76 bits per heavy atom. The molecule has 1 nitrogen and oxygen atoms in total. The fourth-order valence-corrected chi connectivity index (χ4v) is 3.85. The van der Waals surface area contributed by atoms with E-state index in [4.69, 9.17) is 0 Å². The first-order chi connectivity index (χ1) is 8.36. The van der Waals surface area contributed by atoms with E-state index in [1.807, 2.05) is 0 Å². The van der Waals surface area contributed by atoms with Gasteiger partial charge in [-0.05, 0) is 19.8 Å². The van der Waals surface area contributed by atoms with Crippen LogP contribution >= 0.6 is 0 Å². The third-order valence-electron chi connectivity index (χ3n) is 4.89. The van der Waals surface area contributed by atoms with Crippen molar-refractivity contribution in [2.24, 2.45) is 5.92 Å². The second kappa shape index (κ2) is 4.45. The predicted molar refractivity (Wildman–Crippen MR) is 71.7 cm³/mol. The Morgan fingerprint density at radius 1 is 1.12 bits per heavy atom. The van der Waals surface area contributed by atoms with E-state index in [0.29, 0.717) is 0 Å². The van der Waals surface area contributed by atoms with Gasteiger partial charge in [0.2, 0.25) is 0 Å². The number of hydrogen-bond donors (Lipinski definition) is 0. The maximum Gasteiger partial charge on any atom is 0.117 e. The van der Waals surface area contributed by atoms with Gasteiger partial charge < -0.3 is 4.48 Å². The van der Waals surface area contributed by atoms with Crippen LogP contribution < -0.4 is 0 Å². The van der Waals surface area contributed by atoms with Gasteiger partial charge in [-0.3, -0.25) is 0 Å². The molecule has 1 atom stereocenters. The third-order valence-corrected chi connectivity index (χ3v) is 4.89. The molecule has 0 aromatic heterocycles. The van der Waals surface area contributed by atoms with E-state index in [-0.39, 0.29) is 0 Å². The van der Waals surface area contributed by atoms with Gasteiger partial charge in [-0.1, -0.05) is 30.3 Å². The molecular weight excluding hydrogens is 206 g/mol. The fraction of sp³-hybridized carbons (Fsp3) is 0.625. The molecule has 1 heteroatoms. The normalized spacial score (nSPS) is 24.8. The van der Waals surface area contributed by atoms with Gasteiger partial charge in [0, 0.05) is 24.3 Å². The third kappa shape index (κ3) is 2.01. The molecule has 1 aromatic carbocycles. The summed E-state index contributed by atoms with van der Waals surface area (Å²) >= 11 is 0. The van der Waals surface area contributed by atoms with Crippen LogP contribution in [-0.4, -0.2) is 24.1 Å². The first-order valence-corrected chi connectivity index (χ1v) is 7.26. The highest BCUT2D eigenvalue weighted by Crippen LogP contribution is 2.49. The molecule has 1 aliphatic heterocycles. The van der Waals surface area contributed by atoms with E-state index >= 15 is 0 Å². The Labute approximate surface area is 105 Å². The molecule has 2 fully saturated rings. The molecule has 92 valence electrons. The summed E-state index contributed by atoms with van der Waals surface area (Å²) in [7, 11) is 0. The van der Waals surface area contributed by atoms with Crippen LogP contribution in [-0.2, 0) is 0 Å². The van der Waals surface area contributed by atoms with Crippen molar-refractivity contribution in [1.29, 1.82) is 0 Å². The van der Waals surface area contributed by atoms with Gasteiger partial charge in [0.25, 0.3) is 0 Å². The molecule has 0 bridgehead atoms. The fourth-order valence-electron chi connectivity index (χ4n) is 3.85. The Hall–Kier alpha value is -0.820. The molecule has 1 aliphatic carbocycles. The second-order valence-electron chi connectivity index (χ2n) is 5.88. The first-order valence-electron chi connectivity index (χ1n) is 7.26. The van der Waals surface area contributed by atoms with Crippen molar-refractivity contribution in [3.63, 3.8) is 0 Å². The number of hydrogen-bond acceptors (Lipinski definition) is 0. The summed E-state index contributed by atoms with van der Waals surface area (Å²) in [6.07, 6.45) is 5.78.